The van der Waals surface area contributed by atoms with Crippen molar-refractivity contribution < 1.29 is 14.4 Å². The lowest BCUT2D eigenvalue weighted by Gasteiger charge is -2.32. The molecule has 1 aliphatic rings. The van der Waals surface area contributed by atoms with E-state index in [9.17, 15) is 14.4 Å². The Morgan fingerprint density at radius 3 is 2.48 bits per heavy atom. The maximum absolute atomic E-state index is 12.5. The minimum atomic E-state index is -0.0799. The first-order chi connectivity index (χ1) is 11.0. The maximum Gasteiger partial charge on any atom is 0.253 e. The zero-order valence-corrected chi connectivity index (χ0v) is 13.8. The van der Waals surface area contributed by atoms with E-state index in [0.717, 1.165) is 18.4 Å². The van der Waals surface area contributed by atoms with E-state index >= 15 is 0 Å². The Morgan fingerprint density at radius 1 is 1.17 bits per heavy atom. The Kier molecular flexibility index (Phi) is 5.90. The molecule has 5 nitrogen and oxygen atoms in total. The number of ketones is 1. The molecule has 1 aliphatic heterocycles. The summed E-state index contributed by atoms with van der Waals surface area (Å²) < 4.78 is 0. The van der Waals surface area contributed by atoms with Gasteiger partial charge in [-0.2, -0.15) is 0 Å². The zero-order valence-electron chi connectivity index (χ0n) is 13.8. The Bertz CT molecular complexity index is 590. The molecule has 0 atom stereocenters. The van der Waals surface area contributed by atoms with Crippen molar-refractivity contribution >= 4 is 17.6 Å². The molecule has 23 heavy (non-hydrogen) atoms. The zero-order chi connectivity index (χ0) is 16.8. The number of aryl methyl sites for hydroxylation is 1. The maximum atomic E-state index is 12.5. The topological polar surface area (TPSA) is 66.5 Å². The van der Waals surface area contributed by atoms with Crippen LogP contribution in [-0.4, -0.2) is 41.6 Å². The molecule has 1 fully saturated rings. The van der Waals surface area contributed by atoms with Crippen LogP contribution in [0.4, 0.5) is 0 Å². The van der Waals surface area contributed by atoms with Gasteiger partial charge in [-0.05, 0) is 38.8 Å². The molecule has 0 radical (unpaired) electrons. The van der Waals surface area contributed by atoms with Gasteiger partial charge in [-0.3, -0.25) is 9.59 Å². The van der Waals surface area contributed by atoms with Crippen LogP contribution < -0.4 is 5.32 Å². The number of rotatable bonds is 5. The number of hydrogen-bond donors (Lipinski definition) is 1. The van der Waals surface area contributed by atoms with Crippen molar-refractivity contribution in [3.63, 3.8) is 0 Å². The van der Waals surface area contributed by atoms with Crippen LogP contribution in [0.3, 0.4) is 0 Å². The third kappa shape index (κ3) is 5.20. The largest absolute Gasteiger partial charge is 0.353 e. The molecule has 0 bridgehead atoms. The van der Waals surface area contributed by atoms with Crippen LogP contribution in [0, 0.1) is 6.92 Å². The highest BCUT2D eigenvalue weighted by Crippen LogP contribution is 2.15. The summed E-state index contributed by atoms with van der Waals surface area (Å²) in [6.45, 7) is 4.75. The number of likely N-dealkylation sites (tertiary alicyclic amines) is 1. The molecule has 1 saturated heterocycles. The lowest BCUT2D eigenvalue weighted by molar-refractivity contribution is -0.125. The fourth-order valence-corrected chi connectivity index (χ4v) is 2.78. The summed E-state index contributed by atoms with van der Waals surface area (Å²) in [5.74, 6) is -0.00237. The lowest BCUT2D eigenvalue weighted by Crippen LogP contribution is -2.46. The molecular formula is C18H24N2O3. The first-order valence-electron chi connectivity index (χ1n) is 8.10. The van der Waals surface area contributed by atoms with Crippen molar-refractivity contribution in [3.8, 4) is 0 Å². The van der Waals surface area contributed by atoms with Gasteiger partial charge in [-0.1, -0.05) is 17.7 Å². The molecule has 0 spiro atoms. The molecule has 0 saturated carbocycles. The van der Waals surface area contributed by atoms with E-state index in [1.54, 1.807) is 0 Å². The highest BCUT2D eigenvalue weighted by atomic mass is 16.2. The van der Waals surface area contributed by atoms with Gasteiger partial charge in [-0.25, -0.2) is 0 Å². The second-order valence-corrected chi connectivity index (χ2v) is 6.21. The summed E-state index contributed by atoms with van der Waals surface area (Å²) in [6.07, 6.45) is 2.04. The second kappa shape index (κ2) is 7.90. The van der Waals surface area contributed by atoms with Crippen LogP contribution in [0.2, 0.25) is 0 Å². The number of carbonyl (C=O) groups excluding carboxylic acids is 3. The molecule has 0 unspecified atom stereocenters. The molecule has 0 aliphatic carbocycles. The summed E-state index contributed by atoms with van der Waals surface area (Å²) in [7, 11) is 0. The van der Waals surface area contributed by atoms with Crippen molar-refractivity contribution in [1.82, 2.24) is 10.2 Å². The third-order valence-electron chi connectivity index (χ3n) is 4.12. The van der Waals surface area contributed by atoms with Gasteiger partial charge in [0.15, 0.2) is 0 Å². The van der Waals surface area contributed by atoms with E-state index < -0.39 is 0 Å². The van der Waals surface area contributed by atoms with Crippen molar-refractivity contribution in [2.75, 3.05) is 13.1 Å². The molecule has 1 heterocycles. The average molecular weight is 316 g/mol. The van der Waals surface area contributed by atoms with E-state index in [1.807, 2.05) is 36.1 Å². The molecule has 1 N–H and O–H groups in total. The summed E-state index contributed by atoms with van der Waals surface area (Å²) in [4.78, 5) is 36.9. The Labute approximate surface area is 137 Å². The first kappa shape index (κ1) is 17.2. The van der Waals surface area contributed by atoms with E-state index in [2.05, 4.69) is 5.32 Å². The van der Waals surface area contributed by atoms with Crippen molar-refractivity contribution in [3.05, 3.63) is 35.4 Å². The molecule has 1 aromatic carbocycles. The van der Waals surface area contributed by atoms with Gasteiger partial charge in [0.1, 0.15) is 5.78 Å². The molecule has 1 aromatic rings. The van der Waals surface area contributed by atoms with Crippen LogP contribution in [0.1, 0.15) is 48.5 Å². The fourth-order valence-electron chi connectivity index (χ4n) is 2.78. The summed E-state index contributed by atoms with van der Waals surface area (Å²) in [5.41, 5.74) is 1.79. The summed E-state index contributed by atoms with van der Waals surface area (Å²) in [5, 5.41) is 2.95. The van der Waals surface area contributed by atoms with E-state index in [0.29, 0.717) is 18.7 Å². The number of Topliss-reactive ketones (excluding diaryl/α,β-unsaturated/α-hetero) is 1. The number of carbonyl (C=O) groups is 3. The van der Waals surface area contributed by atoms with Gasteiger partial charge in [0, 0.05) is 37.5 Å². The average Bonchev–Trinajstić information content (AvgIpc) is 2.53. The van der Waals surface area contributed by atoms with Gasteiger partial charge in [0.25, 0.3) is 5.91 Å². The van der Waals surface area contributed by atoms with E-state index in [4.69, 9.17) is 0 Å². The Hall–Kier alpha value is -2.17. The highest BCUT2D eigenvalue weighted by Gasteiger charge is 2.24. The standard InChI is InChI=1S/C18H24N2O3/c1-13-4-3-5-15(12-13)18(23)20-10-8-16(9-11-20)19-17(22)7-6-14(2)21/h3-5,12,16H,6-11H2,1-2H3,(H,19,22). The van der Waals surface area contributed by atoms with Gasteiger partial charge in [-0.15, -0.1) is 0 Å². The van der Waals surface area contributed by atoms with Crippen LogP contribution in [-0.2, 0) is 9.59 Å². The van der Waals surface area contributed by atoms with Gasteiger partial charge in [0.2, 0.25) is 5.91 Å². The quantitative estimate of drug-likeness (QED) is 0.904. The van der Waals surface area contributed by atoms with Crippen LogP contribution in [0.25, 0.3) is 0 Å². The van der Waals surface area contributed by atoms with Crippen LogP contribution in [0.5, 0.6) is 0 Å². The SMILES string of the molecule is CC(=O)CCC(=O)NC1CCN(C(=O)c2cccc(C)c2)CC1. The number of amides is 2. The predicted molar refractivity (Wildman–Crippen MR) is 88.2 cm³/mol. The summed E-state index contributed by atoms with van der Waals surface area (Å²) in [6, 6.07) is 7.70. The number of nitrogens with one attached hydrogen (secondary N) is 1. The third-order valence-corrected chi connectivity index (χ3v) is 4.12. The van der Waals surface area contributed by atoms with Crippen LogP contribution in [0.15, 0.2) is 24.3 Å². The lowest BCUT2D eigenvalue weighted by atomic mass is 10.0. The Morgan fingerprint density at radius 2 is 1.87 bits per heavy atom. The second-order valence-electron chi connectivity index (χ2n) is 6.21. The monoisotopic (exact) mass is 316 g/mol. The van der Waals surface area contributed by atoms with E-state index in [-0.39, 0.29) is 36.5 Å². The molecule has 2 rings (SSSR count). The van der Waals surface area contributed by atoms with Crippen molar-refractivity contribution in [2.24, 2.45) is 0 Å². The van der Waals surface area contributed by atoms with Gasteiger partial charge in [0.05, 0.1) is 0 Å². The number of nitrogens with zero attached hydrogens (tertiary/aromatic N) is 1. The number of hydrogen-bond acceptors (Lipinski definition) is 3. The fraction of sp³-hybridized carbons (Fsp3) is 0.500. The number of piperidine rings is 1. The normalized spacial score (nSPS) is 15.3. The molecule has 2 amide bonds. The molecule has 5 heteroatoms. The van der Waals surface area contributed by atoms with Crippen LogP contribution >= 0.6 is 0 Å². The molecular weight excluding hydrogens is 292 g/mol. The predicted octanol–water partition coefficient (Wildman–Crippen LogP) is 2.09. The van der Waals surface area contributed by atoms with Crippen molar-refractivity contribution in [2.45, 2.75) is 45.6 Å². The number of benzene rings is 1. The minimum absolute atomic E-state index is 0.0266. The first-order valence-corrected chi connectivity index (χ1v) is 8.10. The van der Waals surface area contributed by atoms with Gasteiger partial charge >= 0.3 is 0 Å². The summed E-state index contributed by atoms with van der Waals surface area (Å²) >= 11 is 0. The minimum Gasteiger partial charge on any atom is -0.353 e. The Balaban J connectivity index is 1.80. The van der Waals surface area contributed by atoms with Crippen molar-refractivity contribution in [1.29, 1.82) is 0 Å². The highest BCUT2D eigenvalue weighted by molar-refractivity contribution is 5.94. The van der Waals surface area contributed by atoms with E-state index in [1.165, 1.54) is 6.92 Å². The molecule has 124 valence electrons. The molecule has 0 aromatic heterocycles. The van der Waals surface area contributed by atoms with Gasteiger partial charge < -0.3 is 15.0 Å². The smallest absolute Gasteiger partial charge is 0.253 e.